The molecule has 2 fully saturated rings. The van der Waals surface area contributed by atoms with Gasteiger partial charge in [0.15, 0.2) is 5.69 Å². The maximum atomic E-state index is 13.3. The van der Waals surface area contributed by atoms with E-state index in [0.29, 0.717) is 17.7 Å². The van der Waals surface area contributed by atoms with E-state index in [-0.39, 0.29) is 24.2 Å². The molecule has 0 saturated heterocycles. The van der Waals surface area contributed by atoms with Crippen molar-refractivity contribution in [3.8, 4) is 0 Å². The molecule has 2 heterocycles. The average Bonchev–Trinajstić information content (AvgIpc) is 3.30. The molecule has 1 N–H and O–H groups in total. The Balaban J connectivity index is 1.62. The van der Waals surface area contributed by atoms with Crippen LogP contribution in [0.15, 0.2) is 0 Å². The van der Waals surface area contributed by atoms with Gasteiger partial charge in [0.25, 0.3) is 5.91 Å². The molecule has 138 valence electrons. The van der Waals surface area contributed by atoms with Gasteiger partial charge in [-0.2, -0.15) is 5.10 Å². The van der Waals surface area contributed by atoms with Gasteiger partial charge in [0.2, 0.25) is 0 Å². The van der Waals surface area contributed by atoms with Gasteiger partial charge in [0, 0.05) is 31.1 Å². The van der Waals surface area contributed by atoms with E-state index >= 15 is 0 Å². The van der Waals surface area contributed by atoms with Crippen LogP contribution in [0.4, 0.5) is 0 Å². The Labute approximate surface area is 149 Å². The van der Waals surface area contributed by atoms with Gasteiger partial charge in [0.05, 0.1) is 24.0 Å². The number of aliphatic hydroxyl groups is 1. The zero-order chi connectivity index (χ0) is 17.7. The van der Waals surface area contributed by atoms with Crippen molar-refractivity contribution in [2.45, 2.75) is 83.8 Å². The van der Waals surface area contributed by atoms with Gasteiger partial charge in [-0.1, -0.05) is 0 Å². The molecule has 4 rings (SSSR count). The quantitative estimate of drug-likeness (QED) is 0.887. The molecule has 2 aliphatic carbocycles. The maximum Gasteiger partial charge on any atom is 0.274 e. The monoisotopic (exact) mass is 347 g/mol. The highest BCUT2D eigenvalue weighted by Gasteiger charge is 2.40. The van der Waals surface area contributed by atoms with Crippen LogP contribution in [0.5, 0.6) is 0 Å². The molecule has 0 bridgehead atoms. The molecule has 1 aromatic heterocycles. The first kappa shape index (κ1) is 17.0. The van der Waals surface area contributed by atoms with E-state index < -0.39 is 0 Å². The predicted molar refractivity (Wildman–Crippen MR) is 93.4 cm³/mol. The van der Waals surface area contributed by atoms with Crippen LogP contribution in [0.1, 0.15) is 74.3 Å². The smallest absolute Gasteiger partial charge is 0.274 e. The summed E-state index contributed by atoms with van der Waals surface area (Å²) in [5.41, 5.74) is 2.78. The van der Waals surface area contributed by atoms with Crippen molar-refractivity contribution >= 4 is 5.91 Å². The van der Waals surface area contributed by atoms with Gasteiger partial charge in [-0.3, -0.25) is 9.48 Å². The van der Waals surface area contributed by atoms with Crippen LogP contribution in [0, 0.1) is 5.92 Å². The maximum absolute atomic E-state index is 13.3. The molecule has 6 heteroatoms. The van der Waals surface area contributed by atoms with Gasteiger partial charge in [-0.15, -0.1) is 0 Å². The first-order chi connectivity index (χ1) is 12.0. The van der Waals surface area contributed by atoms with Crippen molar-refractivity contribution in [2.75, 3.05) is 6.54 Å². The molecule has 3 aliphatic rings. The summed E-state index contributed by atoms with van der Waals surface area (Å²) in [4.78, 5) is 15.4. The lowest BCUT2D eigenvalue weighted by Gasteiger charge is -2.36. The second-order valence-corrected chi connectivity index (χ2v) is 8.00. The van der Waals surface area contributed by atoms with E-state index in [1.165, 1.54) is 0 Å². The van der Waals surface area contributed by atoms with Crippen LogP contribution in [0.3, 0.4) is 0 Å². The Morgan fingerprint density at radius 3 is 2.68 bits per heavy atom. The lowest BCUT2D eigenvalue weighted by Crippen LogP contribution is -2.43. The molecule has 0 unspecified atom stereocenters. The Morgan fingerprint density at radius 2 is 2.08 bits per heavy atom. The van der Waals surface area contributed by atoms with Crippen molar-refractivity contribution in [2.24, 2.45) is 5.92 Å². The van der Waals surface area contributed by atoms with Crippen LogP contribution in [-0.2, 0) is 17.7 Å². The van der Waals surface area contributed by atoms with Crippen molar-refractivity contribution in [1.82, 2.24) is 14.7 Å². The van der Waals surface area contributed by atoms with E-state index in [9.17, 15) is 9.90 Å². The largest absolute Gasteiger partial charge is 0.393 e. The summed E-state index contributed by atoms with van der Waals surface area (Å²) < 4.78 is 7.90. The van der Waals surface area contributed by atoms with Crippen molar-refractivity contribution in [3.63, 3.8) is 0 Å². The molecule has 1 amide bonds. The first-order valence-corrected chi connectivity index (χ1v) is 9.72. The number of amides is 1. The summed E-state index contributed by atoms with van der Waals surface area (Å²) >= 11 is 0. The Morgan fingerprint density at radius 1 is 1.36 bits per heavy atom. The number of rotatable bonds is 5. The summed E-state index contributed by atoms with van der Waals surface area (Å²) in [6, 6.07) is 0.363. The minimum Gasteiger partial charge on any atom is -0.393 e. The fraction of sp³-hybridized carbons (Fsp3) is 0.789. The standard InChI is InChI=1S/C19H29N3O3/c1-4-22-18-12(3)25-11(2)7-16(18)17(20-22)19(24)21(14-5-6-14)10-13-8-15(23)9-13/h11-15,23H,4-10H2,1-3H3/t11-,12+,13?,15?/m1/s1. The minimum atomic E-state index is -0.174. The summed E-state index contributed by atoms with van der Waals surface area (Å²) in [5.74, 6) is 0.512. The van der Waals surface area contributed by atoms with Crippen molar-refractivity contribution < 1.29 is 14.6 Å². The molecular formula is C19H29N3O3. The number of carbonyl (C=O) groups excluding carboxylic acids is 1. The van der Waals surface area contributed by atoms with E-state index in [4.69, 9.17) is 4.74 Å². The van der Waals surface area contributed by atoms with Gasteiger partial charge < -0.3 is 14.7 Å². The summed E-state index contributed by atoms with van der Waals surface area (Å²) in [6.45, 7) is 7.67. The van der Waals surface area contributed by atoms with Gasteiger partial charge in [0.1, 0.15) is 0 Å². The van der Waals surface area contributed by atoms with E-state index in [1.54, 1.807) is 0 Å². The lowest BCUT2D eigenvalue weighted by molar-refractivity contribution is -0.00958. The third-order valence-electron chi connectivity index (χ3n) is 5.82. The normalized spacial score (nSPS) is 31.4. The van der Waals surface area contributed by atoms with Crippen LogP contribution in [0.25, 0.3) is 0 Å². The number of aromatic nitrogens is 2. The van der Waals surface area contributed by atoms with Gasteiger partial charge in [-0.05, 0) is 52.4 Å². The SMILES string of the molecule is CCn1nc(C(=O)N(CC2CC(O)C2)C2CC2)c2c1[C@H](C)O[C@H](C)C2. The highest BCUT2D eigenvalue weighted by molar-refractivity contribution is 5.94. The van der Waals surface area contributed by atoms with Crippen molar-refractivity contribution in [1.29, 1.82) is 0 Å². The minimum absolute atomic E-state index is 0.0242. The second-order valence-electron chi connectivity index (χ2n) is 8.00. The zero-order valence-electron chi connectivity index (χ0n) is 15.4. The number of fused-ring (bicyclic) bond motifs is 1. The van der Waals surface area contributed by atoms with E-state index in [0.717, 1.165) is 56.5 Å². The number of hydrogen-bond acceptors (Lipinski definition) is 4. The molecule has 2 atom stereocenters. The Bertz CT molecular complexity index is 661. The van der Waals surface area contributed by atoms with E-state index in [2.05, 4.69) is 18.9 Å². The van der Waals surface area contributed by atoms with Gasteiger partial charge >= 0.3 is 0 Å². The lowest BCUT2D eigenvalue weighted by atomic mass is 9.82. The number of ether oxygens (including phenoxy) is 1. The van der Waals surface area contributed by atoms with Crippen molar-refractivity contribution in [3.05, 3.63) is 17.0 Å². The summed E-state index contributed by atoms with van der Waals surface area (Å²) in [5, 5.41) is 14.2. The molecule has 25 heavy (non-hydrogen) atoms. The fourth-order valence-electron chi connectivity index (χ4n) is 4.38. The van der Waals surface area contributed by atoms with Crippen LogP contribution >= 0.6 is 0 Å². The molecule has 1 aromatic rings. The molecule has 2 saturated carbocycles. The Hall–Kier alpha value is -1.40. The fourth-order valence-corrected chi connectivity index (χ4v) is 4.38. The third kappa shape index (κ3) is 3.10. The number of nitrogens with zero attached hydrogens (tertiary/aromatic N) is 3. The van der Waals surface area contributed by atoms with Crippen LogP contribution < -0.4 is 0 Å². The molecule has 6 nitrogen and oxygen atoms in total. The molecule has 0 radical (unpaired) electrons. The number of hydrogen-bond donors (Lipinski definition) is 1. The zero-order valence-corrected chi connectivity index (χ0v) is 15.4. The van der Waals surface area contributed by atoms with Crippen LogP contribution in [0.2, 0.25) is 0 Å². The Kier molecular flexibility index (Phi) is 4.36. The average molecular weight is 347 g/mol. The number of aryl methyl sites for hydroxylation is 1. The second kappa shape index (κ2) is 6.40. The predicted octanol–water partition coefficient (Wildman–Crippen LogP) is 2.30. The van der Waals surface area contributed by atoms with Crippen LogP contribution in [-0.4, -0.2) is 50.5 Å². The molecule has 0 spiro atoms. The first-order valence-electron chi connectivity index (χ1n) is 9.72. The highest BCUT2D eigenvalue weighted by Crippen LogP contribution is 2.37. The highest BCUT2D eigenvalue weighted by atomic mass is 16.5. The molecule has 0 aromatic carbocycles. The topological polar surface area (TPSA) is 67.6 Å². The van der Waals surface area contributed by atoms with Gasteiger partial charge in [-0.25, -0.2) is 0 Å². The molecule has 1 aliphatic heterocycles. The third-order valence-corrected chi connectivity index (χ3v) is 5.82. The number of aliphatic hydroxyl groups excluding tert-OH is 1. The summed E-state index contributed by atoms with van der Waals surface area (Å²) in [6.07, 6.45) is 4.48. The number of carbonyl (C=O) groups is 1. The molecular weight excluding hydrogens is 318 g/mol. The van der Waals surface area contributed by atoms with E-state index in [1.807, 2.05) is 16.5 Å². The summed E-state index contributed by atoms with van der Waals surface area (Å²) in [7, 11) is 0.